The van der Waals surface area contributed by atoms with Crippen LogP contribution in [0.2, 0.25) is 0 Å². The molecule has 0 spiro atoms. The third kappa shape index (κ3) is 4.34. The van der Waals surface area contributed by atoms with Gasteiger partial charge in [-0.2, -0.15) is 5.26 Å². The van der Waals surface area contributed by atoms with Gasteiger partial charge in [-0.1, -0.05) is 37.3 Å². The summed E-state index contributed by atoms with van der Waals surface area (Å²) in [5, 5.41) is 8.64. The van der Waals surface area contributed by atoms with Gasteiger partial charge in [0.05, 0.1) is 18.2 Å². The van der Waals surface area contributed by atoms with Crippen LogP contribution in [0.3, 0.4) is 0 Å². The van der Waals surface area contributed by atoms with Gasteiger partial charge in [-0.05, 0) is 18.4 Å². The van der Waals surface area contributed by atoms with Crippen molar-refractivity contribution in [1.29, 1.82) is 5.26 Å². The summed E-state index contributed by atoms with van der Waals surface area (Å²) in [4.78, 5) is 0. The summed E-state index contributed by atoms with van der Waals surface area (Å²) >= 11 is 0. The Morgan fingerprint density at radius 2 is 1.84 bits per heavy atom. The highest BCUT2D eigenvalue weighted by atomic mass is 32.2. The molecule has 0 unspecified atom stereocenters. The zero-order valence-corrected chi connectivity index (χ0v) is 12.4. The van der Waals surface area contributed by atoms with Crippen molar-refractivity contribution in [3.8, 4) is 6.07 Å². The topological polar surface area (TPSA) is 61.2 Å². The van der Waals surface area contributed by atoms with Gasteiger partial charge in [-0.3, -0.25) is 0 Å². The fraction of sp³-hybridized carbons (Fsp3) is 0.500. The van der Waals surface area contributed by atoms with Crippen LogP contribution in [0.1, 0.15) is 31.7 Å². The maximum atomic E-state index is 12.2. The molecule has 1 rings (SSSR count). The van der Waals surface area contributed by atoms with Crippen molar-refractivity contribution >= 4 is 10.0 Å². The maximum Gasteiger partial charge on any atom is 0.214 e. The summed E-state index contributed by atoms with van der Waals surface area (Å²) in [6, 6.07) is 11.3. The van der Waals surface area contributed by atoms with Crippen molar-refractivity contribution in [3.63, 3.8) is 0 Å². The fourth-order valence-electron chi connectivity index (χ4n) is 1.85. The average molecular weight is 280 g/mol. The Morgan fingerprint density at radius 1 is 1.26 bits per heavy atom. The minimum absolute atomic E-state index is 0.0588. The van der Waals surface area contributed by atoms with E-state index in [4.69, 9.17) is 5.26 Å². The molecule has 0 aliphatic heterocycles. The maximum absolute atomic E-state index is 12.2. The van der Waals surface area contributed by atoms with Crippen LogP contribution in [-0.2, 0) is 10.0 Å². The molecule has 1 aromatic carbocycles. The largest absolute Gasteiger partial charge is 0.214 e. The summed E-state index contributed by atoms with van der Waals surface area (Å²) in [7, 11) is -1.81. The van der Waals surface area contributed by atoms with Gasteiger partial charge in [0.1, 0.15) is 0 Å². The summed E-state index contributed by atoms with van der Waals surface area (Å²) in [5.74, 6) is -0.00791. The molecule has 104 valence electrons. The predicted octanol–water partition coefficient (Wildman–Crippen LogP) is 2.35. The second kappa shape index (κ2) is 6.69. The lowest BCUT2D eigenvalue weighted by Crippen LogP contribution is -2.37. The highest BCUT2D eigenvalue weighted by molar-refractivity contribution is 7.89. The first-order valence-electron chi connectivity index (χ1n) is 6.26. The van der Waals surface area contributed by atoms with Gasteiger partial charge in [0.15, 0.2) is 0 Å². The van der Waals surface area contributed by atoms with E-state index in [1.165, 1.54) is 11.4 Å². The minimum Gasteiger partial charge on any atom is -0.212 e. The van der Waals surface area contributed by atoms with E-state index in [1.807, 2.05) is 43.3 Å². The van der Waals surface area contributed by atoms with E-state index in [1.54, 1.807) is 6.92 Å². The molecule has 0 aromatic heterocycles. The third-order valence-electron chi connectivity index (χ3n) is 3.28. The number of benzene rings is 1. The number of sulfonamides is 1. The second-order valence-electron chi connectivity index (χ2n) is 4.82. The van der Waals surface area contributed by atoms with Crippen LogP contribution in [0.25, 0.3) is 0 Å². The van der Waals surface area contributed by atoms with Crippen molar-refractivity contribution < 1.29 is 8.42 Å². The molecular formula is C14H20N2O2S. The van der Waals surface area contributed by atoms with Gasteiger partial charge in [-0.15, -0.1) is 0 Å². The van der Waals surface area contributed by atoms with E-state index in [-0.39, 0.29) is 24.1 Å². The van der Waals surface area contributed by atoms with Gasteiger partial charge in [0, 0.05) is 13.1 Å². The molecule has 0 aliphatic rings. The minimum atomic E-state index is -3.35. The van der Waals surface area contributed by atoms with Crippen molar-refractivity contribution in [2.24, 2.45) is 0 Å². The van der Waals surface area contributed by atoms with E-state index < -0.39 is 10.0 Å². The van der Waals surface area contributed by atoms with Crippen LogP contribution in [0.15, 0.2) is 30.3 Å². The smallest absolute Gasteiger partial charge is 0.212 e. The molecule has 0 fully saturated rings. The first-order chi connectivity index (χ1) is 8.88. The first kappa shape index (κ1) is 15.7. The number of hydrogen-bond donors (Lipinski definition) is 0. The van der Waals surface area contributed by atoms with E-state index in [0.29, 0.717) is 0 Å². The molecule has 0 heterocycles. The number of hydrogen-bond acceptors (Lipinski definition) is 3. The Morgan fingerprint density at radius 3 is 2.37 bits per heavy atom. The molecule has 5 heteroatoms. The van der Waals surface area contributed by atoms with Crippen molar-refractivity contribution in [1.82, 2.24) is 4.31 Å². The Labute approximate surface area is 115 Å². The van der Waals surface area contributed by atoms with Crippen LogP contribution in [0, 0.1) is 11.3 Å². The monoisotopic (exact) mass is 280 g/mol. The molecule has 0 N–H and O–H groups in total. The third-order valence-corrected chi connectivity index (χ3v) is 5.43. The fourth-order valence-corrected chi connectivity index (χ4v) is 3.53. The molecule has 0 aliphatic carbocycles. The Kier molecular flexibility index (Phi) is 5.52. The molecule has 0 bridgehead atoms. The number of rotatable bonds is 6. The van der Waals surface area contributed by atoms with Gasteiger partial charge < -0.3 is 0 Å². The SMILES string of the molecule is C[C@H](CS(=O)(=O)N(C)[C@H](C)CC#N)c1ccccc1. The van der Waals surface area contributed by atoms with E-state index >= 15 is 0 Å². The van der Waals surface area contributed by atoms with E-state index in [0.717, 1.165) is 5.56 Å². The quantitative estimate of drug-likeness (QED) is 0.803. The zero-order chi connectivity index (χ0) is 14.5. The predicted molar refractivity (Wildman–Crippen MR) is 76.1 cm³/mol. The molecule has 0 saturated carbocycles. The van der Waals surface area contributed by atoms with Crippen molar-refractivity contribution in [3.05, 3.63) is 35.9 Å². The van der Waals surface area contributed by atoms with Crippen LogP contribution < -0.4 is 0 Å². The first-order valence-corrected chi connectivity index (χ1v) is 7.87. The van der Waals surface area contributed by atoms with Gasteiger partial charge in [0.2, 0.25) is 10.0 Å². The van der Waals surface area contributed by atoms with Crippen LogP contribution in [0.5, 0.6) is 0 Å². The molecule has 0 radical (unpaired) electrons. The number of nitrogens with zero attached hydrogens (tertiary/aromatic N) is 2. The van der Waals surface area contributed by atoms with E-state index in [2.05, 4.69) is 0 Å². The summed E-state index contributed by atoms with van der Waals surface area (Å²) in [6.45, 7) is 3.64. The van der Waals surface area contributed by atoms with Crippen LogP contribution >= 0.6 is 0 Å². The van der Waals surface area contributed by atoms with E-state index in [9.17, 15) is 8.42 Å². The van der Waals surface area contributed by atoms with Gasteiger partial charge >= 0.3 is 0 Å². The molecule has 2 atom stereocenters. The Bertz CT molecular complexity index is 534. The lowest BCUT2D eigenvalue weighted by Gasteiger charge is -2.24. The molecule has 19 heavy (non-hydrogen) atoms. The second-order valence-corrected chi connectivity index (χ2v) is 6.89. The Balaban J connectivity index is 2.78. The summed E-state index contributed by atoms with van der Waals surface area (Å²) in [6.07, 6.45) is 0.204. The lowest BCUT2D eigenvalue weighted by molar-refractivity contribution is 0.391. The molecular weight excluding hydrogens is 260 g/mol. The number of nitriles is 1. The highest BCUT2D eigenvalue weighted by Crippen LogP contribution is 2.19. The molecule has 4 nitrogen and oxygen atoms in total. The average Bonchev–Trinajstić information content (AvgIpc) is 2.38. The van der Waals surface area contributed by atoms with Gasteiger partial charge in [0.25, 0.3) is 0 Å². The lowest BCUT2D eigenvalue weighted by atomic mass is 10.0. The van der Waals surface area contributed by atoms with Crippen molar-refractivity contribution in [2.45, 2.75) is 32.2 Å². The van der Waals surface area contributed by atoms with Crippen LogP contribution in [0.4, 0.5) is 0 Å². The normalized spacial score (nSPS) is 14.9. The Hall–Kier alpha value is -1.38. The molecule has 0 saturated heterocycles. The van der Waals surface area contributed by atoms with Gasteiger partial charge in [-0.25, -0.2) is 12.7 Å². The molecule has 1 aromatic rings. The summed E-state index contributed by atoms with van der Waals surface area (Å²) < 4.78 is 25.8. The zero-order valence-electron chi connectivity index (χ0n) is 11.6. The summed E-state index contributed by atoms with van der Waals surface area (Å²) in [5.41, 5.74) is 1.01. The van der Waals surface area contributed by atoms with Crippen molar-refractivity contribution in [2.75, 3.05) is 12.8 Å². The highest BCUT2D eigenvalue weighted by Gasteiger charge is 2.25. The van der Waals surface area contributed by atoms with Crippen LogP contribution in [-0.4, -0.2) is 31.6 Å². The molecule has 0 amide bonds. The standard InChI is InChI=1S/C14H20N2O2S/c1-12(14-7-5-4-6-8-14)11-19(17,18)16(3)13(2)9-10-15/h4-8,12-13H,9,11H2,1-3H3/t12-,13-/m1/s1.